The lowest BCUT2D eigenvalue weighted by Gasteiger charge is -2.26. The predicted octanol–water partition coefficient (Wildman–Crippen LogP) is 5.37. The number of hydrogen-bond donors (Lipinski definition) is 0. The van der Waals surface area contributed by atoms with Gasteiger partial charge in [0.25, 0.3) is 0 Å². The van der Waals surface area contributed by atoms with Crippen LogP contribution in [0.1, 0.15) is 65.7 Å². The van der Waals surface area contributed by atoms with Crippen LogP contribution in [0.2, 0.25) is 0 Å². The van der Waals surface area contributed by atoms with Crippen molar-refractivity contribution in [3.63, 3.8) is 0 Å². The Hall–Kier alpha value is -2.87. The molecule has 0 spiro atoms. The van der Waals surface area contributed by atoms with E-state index >= 15 is 0 Å². The molecule has 2 aliphatic heterocycles. The third-order valence-electron chi connectivity index (χ3n) is 7.54. The molecule has 36 heavy (non-hydrogen) atoms. The SMILES string of the molecule is Cc1nc(-c2cn3c(n2)-c2ccc(OC(C)C4CCCN(C(C)C)CC4)cc2OCC3)n(C(C)C)n1. The first-order valence-corrected chi connectivity index (χ1v) is 13.5. The van der Waals surface area contributed by atoms with Gasteiger partial charge in [0, 0.05) is 24.3 Å². The van der Waals surface area contributed by atoms with Gasteiger partial charge >= 0.3 is 0 Å². The fourth-order valence-electron chi connectivity index (χ4n) is 5.45. The molecule has 8 heteroatoms. The highest BCUT2D eigenvalue weighted by atomic mass is 16.5. The van der Waals surface area contributed by atoms with Crippen LogP contribution >= 0.6 is 0 Å². The van der Waals surface area contributed by atoms with Gasteiger partial charge in [0.05, 0.1) is 18.2 Å². The van der Waals surface area contributed by atoms with Crippen LogP contribution in [0.5, 0.6) is 11.5 Å². The largest absolute Gasteiger partial charge is 0.491 e. The number of ether oxygens (including phenoxy) is 2. The highest BCUT2D eigenvalue weighted by molar-refractivity contribution is 5.69. The lowest BCUT2D eigenvalue weighted by Crippen LogP contribution is -2.32. The van der Waals surface area contributed by atoms with E-state index in [-0.39, 0.29) is 12.1 Å². The standard InChI is InChI=1S/C28H40N6O2/c1-18(2)32-12-7-8-22(11-13-32)20(5)36-23-9-10-24-26(16-23)35-15-14-33-17-25(30-27(24)33)28-29-21(6)31-34(28)19(3)4/h9-10,16-20,22H,7-8,11-15H2,1-6H3. The number of nitrogens with zero attached hydrogens (tertiary/aromatic N) is 6. The first-order valence-electron chi connectivity index (χ1n) is 13.5. The molecule has 8 nitrogen and oxygen atoms in total. The van der Waals surface area contributed by atoms with Gasteiger partial charge in [-0.15, -0.1) is 0 Å². The number of aryl methyl sites for hydroxylation is 1. The molecule has 1 fully saturated rings. The van der Waals surface area contributed by atoms with E-state index in [1.54, 1.807) is 0 Å². The van der Waals surface area contributed by atoms with E-state index in [0.717, 1.165) is 53.3 Å². The highest BCUT2D eigenvalue weighted by Crippen LogP contribution is 2.37. The summed E-state index contributed by atoms with van der Waals surface area (Å²) in [5.41, 5.74) is 1.82. The summed E-state index contributed by atoms with van der Waals surface area (Å²) in [7, 11) is 0. The van der Waals surface area contributed by atoms with Crippen molar-refractivity contribution in [3.05, 3.63) is 30.2 Å². The summed E-state index contributed by atoms with van der Waals surface area (Å²) in [6.07, 6.45) is 5.86. The summed E-state index contributed by atoms with van der Waals surface area (Å²) in [5, 5.41) is 4.56. The van der Waals surface area contributed by atoms with Gasteiger partial charge in [-0.1, -0.05) is 0 Å². The zero-order chi connectivity index (χ0) is 25.4. The fraction of sp³-hybridized carbons (Fsp3) is 0.607. The smallest absolute Gasteiger partial charge is 0.178 e. The minimum atomic E-state index is 0.167. The first-order chi connectivity index (χ1) is 17.3. The zero-order valence-corrected chi connectivity index (χ0v) is 22.6. The molecule has 194 valence electrons. The Balaban J connectivity index is 1.36. The molecule has 1 aromatic carbocycles. The summed E-state index contributed by atoms with van der Waals surface area (Å²) >= 11 is 0. The molecule has 4 heterocycles. The van der Waals surface area contributed by atoms with E-state index in [4.69, 9.17) is 14.5 Å². The van der Waals surface area contributed by atoms with Crippen LogP contribution in [0.3, 0.4) is 0 Å². The first kappa shape index (κ1) is 24.8. The maximum absolute atomic E-state index is 6.47. The fourth-order valence-corrected chi connectivity index (χ4v) is 5.45. The van der Waals surface area contributed by atoms with Crippen LogP contribution in [0.15, 0.2) is 24.4 Å². The topological polar surface area (TPSA) is 70.2 Å². The monoisotopic (exact) mass is 492 g/mol. The highest BCUT2D eigenvalue weighted by Gasteiger charge is 2.26. The molecule has 2 aliphatic rings. The minimum Gasteiger partial charge on any atom is -0.491 e. The van der Waals surface area contributed by atoms with E-state index in [2.05, 4.69) is 72.5 Å². The van der Waals surface area contributed by atoms with Crippen LogP contribution in [-0.4, -0.2) is 61.1 Å². The van der Waals surface area contributed by atoms with Crippen molar-refractivity contribution in [1.29, 1.82) is 0 Å². The molecule has 0 bridgehead atoms. The van der Waals surface area contributed by atoms with Crippen molar-refractivity contribution in [2.45, 2.75) is 85.5 Å². The van der Waals surface area contributed by atoms with Crippen LogP contribution in [0, 0.1) is 12.8 Å². The van der Waals surface area contributed by atoms with Crippen molar-refractivity contribution in [3.8, 4) is 34.4 Å². The van der Waals surface area contributed by atoms with Gasteiger partial charge in [-0.2, -0.15) is 5.10 Å². The van der Waals surface area contributed by atoms with E-state index in [9.17, 15) is 0 Å². The molecular formula is C28H40N6O2. The number of imidazole rings is 1. The van der Waals surface area contributed by atoms with Gasteiger partial charge in [-0.3, -0.25) is 0 Å². The van der Waals surface area contributed by atoms with Gasteiger partial charge in [0.2, 0.25) is 0 Å². The maximum atomic E-state index is 6.47. The molecule has 0 N–H and O–H groups in total. The summed E-state index contributed by atoms with van der Waals surface area (Å²) in [4.78, 5) is 12.2. The van der Waals surface area contributed by atoms with Gasteiger partial charge in [0.1, 0.15) is 35.4 Å². The van der Waals surface area contributed by atoms with Gasteiger partial charge in [-0.25, -0.2) is 14.6 Å². The van der Waals surface area contributed by atoms with E-state index in [1.165, 1.54) is 25.8 Å². The van der Waals surface area contributed by atoms with Gasteiger partial charge < -0.3 is 18.9 Å². The zero-order valence-electron chi connectivity index (χ0n) is 22.6. The maximum Gasteiger partial charge on any atom is 0.178 e. The van der Waals surface area contributed by atoms with Crippen molar-refractivity contribution in [2.24, 2.45) is 5.92 Å². The Morgan fingerprint density at radius 2 is 1.81 bits per heavy atom. The van der Waals surface area contributed by atoms with Gasteiger partial charge in [0.15, 0.2) is 5.82 Å². The van der Waals surface area contributed by atoms with E-state index in [0.29, 0.717) is 18.6 Å². The average Bonchev–Trinajstić information content (AvgIpc) is 3.27. The molecule has 0 amide bonds. The molecule has 1 saturated heterocycles. The number of fused-ring (bicyclic) bond motifs is 3. The number of benzene rings is 1. The summed E-state index contributed by atoms with van der Waals surface area (Å²) in [6.45, 7) is 16.6. The average molecular weight is 493 g/mol. The molecule has 0 radical (unpaired) electrons. The third-order valence-corrected chi connectivity index (χ3v) is 7.54. The minimum absolute atomic E-state index is 0.167. The summed E-state index contributed by atoms with van der Waals surface area (Å²) < 4.78 is 16.7. The van der Waals surface area contributed by atoms with Crippen molar-refractivity contribution >= 4 is 0 Å². The second-order valence-electron chi connectivity index (χ2n) is 10.8. The Morgan fingerprint density at radius 3 is 2.58 bits per heavy atom. The Morgan fingerprint density at radius 1 is 0.972 bits per heavy atom. The lowest BCUT2D eigenvalue weighted by atomic mass is 9.95. The molecule has 2 unspecified atom stereocenters. The Bertz CT molecular complexity index is 1200. The molecule has 0 saturated carbocycles. The Labute approximate surface area is 214 Å². The number of hydrogen-bond acceptors (Lipinski definition) is 6. The lowest BCUT2D eigenvalue weighted by molar-refractivity contribution is 0.136. The van der Waals surface area contributed by atoms with Crippen molar-refractivity contribution in [2.75, 3.05) is 19.7 Å². The van der Waals surface area contributed by atoms with Crippen LogP contribution in [0.4, 0.5) is 0 Å². The molecule has 5 rings (SSSR count). The summed E-state index contributed by atoms with van der Waals surface area (Å²) in [6, 6.07) is 6.99. The van der Waals surface area contributed by atoms with Crippen molar-refractivity contribution < 1.29 is 9.47 Å². The third kappa shape index (κ3) is 5.01. The number of likely N-dealkylation sites (tertiary alicyclic amines) is 1. The molecule has 2 atom stereocenters. The van der Waals surface area contributed by atoms with E-state index in [1.807, 2.05) is 17.7 Å². The summed E-state index contributed by atoms with van der Waals surface area (Å²) in [5.74, 6) is 4.71. The molecular weight excluding hydrogens is 452 g/mol. The quantitative estimate of drug-likeness (QED) is 0.461. The molecule has 0 aliphatic carbocycles. The van der Waals surface area contributed by atoms with Gasteiger partial charge in [-0.05, 0) is 91.9 Å². The van der Waals surface area contributed by atoms with Crippen molar-refractivity contribution in [1.82, 2.24) is 29.2 Å². The normalized spacial score (nSPS) is 19.4. The van der Waals surface area contributed by atoms with Crippen LogP contribution in [-0.2, 0) is 6.54 Å². The number of rotatable bonds is 6. The predicted molar refractivity (Wildman–Crippen MR) is 141 cm³/mol. The van der Waals surface area contributed by atoms with E-state index < -0.39 is 0 Å². The number of aromatic nitrogens is 5. The second-order valence-corrected chi connectivity index (χ2v) is 10.8. The molecule has 3 aromatic rings. The van der Waals surface area contributed by atoms with Crippen LogP contribution < -0.4 is 9.47 Å². The van der Waals surface area contributed by atoms with Crippen LogP contribution in [0.25, 0.3) is 22.9 Å². The second kappa shape index (κ2) is 10.2. The Kier molecular flexibility index (Phi) is 7.06. The molecule has 2 aromatic heterocycles.